The Bertz CT molecular complexity index is 1090. The molecule has 1 unspecified atom stereocenters. The van der Waals surface area contributed by atoms with Crippen molar-refractivity contribution in [1.29, 1.82) is 0 Å². The molecule has 218 valence electrons. The number of amides is 1. The van der Waals surface area contributed by atoms with E-state index in [4.69, 9.17) is 24.8 Å². The quantitative estimate of drug-likeness (QED) is 0.348. The number of halogens is 6. The minimum absolute atomic E-state index is 0.0184. The minimum atomic E-state index is -5.08. The molecule has 0 spiro atoms. The van der Waals surface area contributed by atoms with Crippen LogP contribution in [0, 0.1) is 5.92 Å². The van der Waals surface area contributed by atoms with E-state index in [1.807, 2.05) is 12.1 Å². The molecule has 2 saturated heterocycles. The van der Waals surface area contributed by atoms with Crippen molar-refractivity contribution in [2.24, 2.45) is 5.92 Å². The van der Waals surface area contributed by atoms with E-state index in [2.05, 4.69) is 25.7 Å². The molecule has 2 aliphatic rings. The Labute approximate surface area is 217 Å². The van der Waals surface area contributed by atoms with Crippen molar-refractivity contribution in [2.75, 3.05) is 36.4 Å². The lowest BCUT2D eigenvalue weighted by molar-refractivity contribution is -0.193. The number of carboxylic acid groups (broad SMARTS) is 2. The summed E-state index contributed by atoms with van der Waals surface area (Å²) in [6.07, 6.45) is -3.15. The first kappa shape index (κ1) is 31.6. The van der Waals surface area contributed by atoms with Crippen LogP contribution in [-0.2, 0) is 14.4 Å². The third-order valence-corrected chi connectivity index (χ3v) is 5.73. The fraction of sp³-hybridized carbons (Fsp3) is 0.591. The van der Waals surface area contributed by atoms with Gasteiger partial charge in [-0.25, -0.2) is 14.6 Å². The summed E-state index contributed by atoms with van der Waals surface area (Å²) in [6, 6.07) is 4.06. The molecule has 0 bridgehead atoms. The molecule has 2 aromatic rings. The number of carbonyl (C=O) groups excluding carboxylic acids is 1. The van der Waals surface area contributed by atoms with E-state index in [1.54, 1.807) is 0 Å². The molecule has 17 heteroatoms. The van der Waals surface area contributed by atoms with E-state index >= 15 is 0 Å². The van der Waals surface area contributed by atoms with Gasteiger partial charge < -0.3 is 25.7 Å². The molecule has 2 aromatic heterocycles. The van der Waals surface area contributed by atoms with Crippen molar-refractivity contribution in [3.63, 3.8) is 0 Å². The summed E-state index contributed by atoms with van der Waals surface area (Å²) in [5.41, 5.74) is 0.735. The number of piperidine rings is 1. The average molecular weight is 570 g/mol. The fourth-order valence-corrected chi connectivity index (χ4v) is 3.76. The molecule has 39 heavy (non-hydrogen) atoms. The summed E-state index contributed by atoms with van der Waals surface area (Å²) in [4.78, 5) is 37.3. The zero-order valence-electron chi connectivity index (χ0n) is 20.5. The first-order chi connectivity index (χ1) is 18.2. The number of aromatic nitrogens is 3. The largest absolute Gasteiger partial charge is 0.490 e. The van der Waals surface area contributed by atoms with Crippen LogP contribution in [-0.4, -0.2) is 81.8 Å². The first-order valence-electron chi connectivity index (χ1n) is 11.9. The molecule has 5 N–H and O–H groups in total. The Morgan fingerprint density at radius 1 is 0.923 bits per heavy atom. The van der Waals surface area contributed by atoms with Gasteiger partial charge in [0.1, 0.15) is 5.82 Å². The highest BCUT2D eigenvalue weighted by atomic mass is 19.4. The predicted molar refractivity (Wildman–Crippen MR) is 126 cm³/mol. The zero-order chi connectivity index (χ0) is 29.2. The van der Waals surface area contributed by atoms with Crippen LogP contribution in [0.25, 0.3) is 11.0 Å². The number of H-pyrrole nitrogens is 1. The second-order valence-corrected chi connectivity index (χ2v) is 8.68. The number of nitrogens with zero attached hydrogens (tertiary/aromatic N) is 3. The number of hydrogen-bond donors (Lipinski definition) is 5. The molecular weight excluding hydrogens is 542 g/mol. The van der Waals surface area contributed by atoms with Gasteiger partial charge in [-0.1, -0.05) is 12.8 Å². The fourth-order valence-electron chi connectivity index (χ4n) is 3.76. The lowest BCUT2D eigenvalue weighted by atomic mass is 9.99. The number of anilines is 2. The van der Waals surface area contributed by atoms with Gasteiger partial charge in [0.15, 0.2) is 11.5 Å². The van der Waals surface area contributed by atoms with E-state index in [-0.39, 0.29) is 11.8 Å². The van der Waals surface area contributed by atoms with Gasteiger partial charge in [-0.3, -0.25) is 9.89 Å². The third kappa shape index (κ3) is 10.2. The maximum Gasteiger partial charge on any atom is 0.490 e. The number of aromatic amines is 1. The van der Waals surface area contributed by atoms with Gasteiger partial charge in [0, 0.05) is 19.6 Å². The molecule has 4 rings (SSSR count). The smallest absolute Gasteiger partial charge is 0.475 e. The van der Waals surface area contributed by atoms with Crippen LogP contribution in [0.1, 0.15) is 38.5 Å². The van der Waals surface area contributed by atoms with Crippen molar-refractivity contribution in [2.45, 2.75) is 50.9 Å². The predicted octanol–water partition coefficient (Wildman–Crippen LogP) is 3.54. The number of pyridine rings is 1. The zero-order valence-corrected chi connectivity index (χ0v) is 20.5. The SMILES string of the molecule is O=C(Nc1n[nH]c2nc(N3CCCCCC3)ccc12)C1CCCNC1.O=C(O)C(F)(F)F.O=C(O)C(F)(F)F. The Morgan fingerprint density at radius 2 is 1.49 bits per heavy atom. The van der Waals surface area contributed by atoms with Crippen molar-refractivity contribution < 1.29 is 50.9 Å². The number of rotatable bonds is 3. The van der Waals surface area contributed by atoms with Gasteiger partial charge in [0.2, 0.25) is 5.91 Å². The molecule has 1 atom stereocenters. The van der Waals surface area contributed by atoms with E-state index in [9.17, 15) is 31.1 Å². The molecule has 0 saturated carbocycles. The van der Waals surface area contributed by atoms with Crippen molar-refractivity contribution in [3.05, 3.63) is 12.1 Å². The number of alkyl halides is 6. The second kappa shape index (κ2) is 14.0. The molecular formula is C22H28F6N6O5. The molecule has 2 fully saturated rings. The molecule has 4 heterocycles. The Kier molecular flexibility index (Phi) is 11.3. The van der Waals surface area contributed by atoms with E-state index < -0.39 is 24.3 Å². The number of nitrogens with one attached hydrogen (secondary N) is 3. The molecule has 11 nitrogen and oxygen atoms in total. The number of aliphatic carboxylic acids is 2. The van der Waals surface area contributed by atoms with E-state index in [0.717, 1.165) is 55.9 Å². The summed E-state index contributed by atoms with van der Waals surface area (Å²) in [5.74, 6) is -3.88. The van der Waals surface area contributed by atoms with Crippen molar-refractivity contribution in [1.82, 2.24) is 20.5 Å². The van der Waals surface area contributed by atoms with E-state index in [1.165, 1.54) is 25.7 Å². The van der Waals surface area contributed by atoms with Crippen LogP contribution >= 0.6 is 0 Å². The van der Waals surface area contributed by atoms with Gasteiger partial charge in [-0.15, -0.1) is 0 Å². The normalized spacial score (nSPS) is 18.1. The standard InChI is InChI=1S/C18H26N6O.2C2HF3O2/c25-18(13-6-5-9-19-12-13)21-17-14-7-8-15(20-16(14)22-23-17)24-10-3-1-2-4-11-24;2*3-2(4,5)1(6)7/h7-8,13,19H,1-6,9-12H2,(H2,20,21,22,23,25);2*(H,6,7). The van der Waals surface area contributed by atoms with Crippen LogP contribution in [0.3, 0.4) is 0 Å². The summed E-state index contributed by atoms with van der Waals surface area (Å²) in [7, 11) is 0. The minimum Gasteiger partial charge on any atom is -0.475 e. The maximum atomic E-state index is 12.4. The summed E-state index contributed by atoms with van der Waals surface area (Å²) < 4.78 is 63.5. The van der Waals surface area contributed by atoms with Crippen LogP contribution in [0.5, 0.6) is 0 Å². The average Bonchev–Trinajstić information content (AvgIpc) is 3.07. The molecule has 0 radical (unpaired) electrons. The van der Waals surface area contributed by atoms with Crippen LogP contribution in [0.2, 0.25) is 0 Å². The summed E-state index contributed by atoms with van der Waals surface area (Å²) >= 11 is 0. The summed E-state index contributed by atoms with van der Waals surface area (Å²) in [5, 5.41) is 28.6. The highest BCUT2D eigenvalue weighted by molar-refractivity contribution is 6.00. The summed E-state index contributed by atoms with van der Waals surface area (Å²) in [6.45, 7) is 3.86. The van der Waals surface area contributed by atoms with Crippen LogP contribution in [0.4, 0.5) is 38.0 Å². The monoisotopic (exact) mass is 570 g/mol. The Hall–Kier alpha value is -3.63. The van der Waals surface area contributed by atoms with Crippen molar-refractivity contribution >= 4 is 40.5 Å². The van der Waals surface area contributed by atoms with E-state index in [0.29, 0.717) is 5.82 Å². The van der Waals surface area contributed by atoms with Gasteiger partial charge >= 0.3 is 24.3 Å². The topological polar surface area (TPSA) is 161 Å². The number of carbonyl (C=O) groups is 3. The Balaban J connectivity index is 0.000000317. The Morgan fingerprint density at radius 3 is 1.97 bits per heavy atom. The number of fused-ring (bicyclic) bond motifs is 1. The van der Waals surface area contributed by atoms with Crippen LogP contribution < -0.4 is 15.5 Å². The number of hydrogen-bond acceptors (Lipinski definition) is 7. The highest BCUT2D eigenvalue weighted by Gasteiger charge is 2.38. The first-order valence-corrected chi connectivity index (χ1v) is 11.9. The molecule has 0 aliphatic carbocycles. The number of carboxylic acids is 2. The molecule has 0 aromatic carbocycles. The van der Waals surface area contributed by atoms with Gasteiger partial charge in [-0.05, 0) is 44.4 Å². The maximum absolute atomic E-state index is 12.4. The van der Waals surface area contributed by atoms with Crippen molar-refractivity contribution in [3.8, 4) is 0 Å². The lowest BCUT2D eigenvalue weighted by Crippen LogP contribution is -2.37. The molecule has 1 amide bonds. The van der Waals surface area contributed by atoms with Gasteiger partial charge in [-0.2, -0.15) is 31.4 Å². The van der Waals surface area contributed by atoms with Gasteiger partial charge in [0.25, 0.3) is 0 Å². The third-order valence-electron chi connectivity index (χ3n) is 5.73. The van der Waals surface area contributed by atoms with Crippen LogP contribution in [0.15, 0.2) is 12.1 Å². The second-order valence-electron chi connectivity index (χ2n) is 8.68. The lowest BCUT2D eigenvalue weighted by Gasteiger charge is -2.21. The highest BCUT2D eigenvalue weighted by Crippen LogP contribution is 2.25. The van der Waals surface area contributed by atoms with Gasteiger partial charge in [0.05, 0.1) is 11.3 Å². The molecule has 2 aliphatic heterocycles.